The fourth-order valence-corrected chi connectivity index (χ4v) is 3.42. The summed E-state index contributed by atoms with van der Waals surface area (Å²) >= 11 is 0. The first kappa shape index (κ1) is 16.1. The normalized spacial score (nSPS) is 17.1. The van der Waals surface area contributed by atoms with Crippen molar-refractivity contribution >= 4 is 0 Å². The predicted octanol–water partition coefficient (Wildman–Crippen LogP) is 2.67. The molecule has 4 nitrogen and oxygen atoms in total. The van der Waals surface area contributed by atoms with Gasteiger partial charge in [-0.05, 0) is 31.5 Å². The Balaban J connectivity index is 1.91. The van der Waals surface area contributed by atoms with Crippen molar-refractivity contribution in [3.8, 4) is 11.5 Å². The molecule has 2 rings (SSSR count). The molecule has 0 aromatic heterocycles. The Kier molecular flexibility index (Phi) is 5.88. The zero-order valence-electron chi connectivity index (χ0n) is 13.3. The highest BCUT2D eigenvalue weighted by Gasteiger charge is 2.37. The maximum atomic E-state index is 6.07. The first-order valence-corrected chi connectivity index (χ1v) is 7.96. The maximum absolute atomic E-state index is 6.07. The molecular formula is C17H28N2O2. The summed E-state index contributed by atoms with van der Waals surface area (Å²) in [5.41, 5.74) is 6.26. The van der Waals surface area contributed by atoms with Gasteiger partial charge < -0.3 is 15.2 Å². The summed E-state index contributed by atoms with van der Waals surface area (Å²) in [5, 5.41) is 0. The number of nitrogens with two attached hydrogens (primary N) is 1. The van der Waals surface area contributed by atoms with Crippen LogP contribution in [-0.2, 0) is 0 Å². The Morgan fingerprint density at radius 2 is 1.86 bits per heavy atom. The molecule has 1 aromatic carbocycles. The second-order valence-corrected chi connectivity index (χ2v) is 5.71. The van der Waals surface area contributed by atoms with E-state index in [9.17, 15) is 0 Å². The van der Waals surface area contributed by atoms with E-state index in [-0.39, 0.29) is 5.54 Å². The summed E-state index contributed by atoms with van der Waals surface area (Å²) in [4.78, 5) is 2.50. The van der Waals surface area contributed by atoms with Gasteiger partial charge in [0.15, 0.2) is 11.5 Å². The van der Waals surface area contributed by atoms with Gasteiger partial charge in [0.1, 0.15) is 6.61 Å². The molecular weight excluding hydrogens is 264 g/mol. The average Bonchev–Trinajstić information content (AvgIpc) is 3.02. The van der Waals surface area contributed by atoms with Gasteiger partial charge in [0.25, 0.3) is 0 Å². The van der Waals surface area contributed by atoms with Gasteiger partial charge in [-0.25, -0.2) is 0 Å². The van der Waals surface area contributed by atoms with E-state index in [1.54, 1.807) is 7.11 Å². The Bertz CT molecular complexity index is 431. The van der Waals surface area contributed by atoms with Gasteiger partial charge in [-0.2, -0.15) is 0 Å². The lowest BCUT2D eigenvalue weighted by atomic mass is 9.95. The van der Waals surface area contributed by atoms with Crippen LogP contribution in [0.1, 0.15) is 32.6 Å². The molecule has 2 N–H and O–H groups in total. The van der Waals surface area contributed by atoms with Crippen molar-refractivity contribution in [3.05, 3.63) is 24.3 Å². The van der Waals surface area contributed by atoms with Crippen LogP contribution in [0, 0.1) is 0 Å². The monoisotopic (exact) mass is 292 g/mol. The Morgan fingerprint density at radius 1 is 1.19 bits per heavy atom. The summed E-state index contributed by atoms with van der Waals surface area (Å²) in [6, 6.07) is 7.79. The van der Waals surface area contributed by atoms with Crippen LogP contribution in [0.2, 0.25) is 0 Å². The Hall–Kier alpha value is -1.26. The maximum Gasteiger partial charge on any atom is 0.161 e. The standard InChI is InChI=1S/C17H28N2O2/c1-3-19(17(14-18)10-6-7-11-17)12-13-21-16-9-5-4-8-15(16)20-2/h4-5,8-9H,3,6-7,10-14,18H2,1-2H3. The fraction of sp³-hybridized carbons (Fsp3) is 0.647. The molecule has 1 saturated carbocycles. The third-order valence-corrected chi connectivity index (χ3v) is 4.65. The predicted molar refractivity (Wildman–Crippen MR) is 86.0 cm³/mol. The first-order valence-electron chi connectivity index (χ1n) is 7.96. The summed E-state index contributed by atoms with van der Waals surface area (Å²) < 4.78 is 11.2. The molecule has 1 aliphatic carbocycles. The molecule has 0 spiro atoms. The van der Waals surface area contributed by atoms with Crippen molar-refractivity contribution in [1.29, 1.82) is 0 Å². The number of benzene rings is 1. The molecule has 0 amide bonds. The van der Waals surface area contributed by atoms with Gasteiger partial charge in [0, 0.05) is 18.6 Å². The zero-order chi connectivity index (χ0) is 15.1. The van der Waals surface area contributed by atoms with Crippen molar-refractivity contribution in [1.82, 2.24) is 4.90 Å². The van der Waals surface area contributed by atoms with E-state index < -0.39 is 0 Å². The molecule has 1 aliphatic rings. The number of likely N-dealkylation sites (N-methyl/N-ethyl adjacent to an activating group) is 1. The third-order valence-electron chi connectivity index (χ3n) is 4.65. The molecule has 0 saturated heterocycles. The van der Waals surface area contributed by atoms with Gasteiger partial charge in [-0.3, -0.25) is 4.90 Å². The van der Waals surface area contributed by atoms with E-state index in [1.807, 2.05) is 24.3 Å². The fourth-order valence-electron chi connectivity index (χ4n) is 3.42. The van der Waals surface area contributed by atoms with E-state index in [1.165, 1.54) is 25.7 Å². The second-order valence-electron chi connectivity index (χ2n) is 5.71. The molecule has 1 aromatic rings. The van der Waals surface area contributed by atoms with Crippen molar-refractivity contribution in [2.75, 3.05) is 33.4 Å². The van der Waals surface area contributed by atoms with E-state index in [0.717, 1.165) is 31.1 Å². The molecule has 0 heterocycles. The van der Waals surface area contributed by atoms with E-state index in [0.29, 0.717) is 6.61 Å². The highest BCUT2D eigenvalue weighted by molar-refractivity contribution is 5.39. The van der Waals surface area contributed by atoms with Crippen LogP contribution in [0.15, 0.2) is 24.3 Å². The minimum Gasteiger partial charge on any atom is -0.493 e. The van der Waals surface area contributed by atoms with Gasteiger partial charge in [0.2, 0.25) is 0 Å². The highest BCUT2D eigenvalue weighted by atomic mass is 16.5. The van der Waals surface area contributed by atoms with Crippen LogP contribution in [0.5, 0.6) is 11.5 Å². The number of ether oxygens (including phenoxy) is 2. The third kappa shape index (κ3) is 3.69. The summed E-state index contributed by atoms with van der Waals surface area (Å²) in [6.07, 6.45) is 5.01. The zero-order valence-corrected chi connectivity index (χ0v) is 13.3. The average molecular weight is 292 g/mol. The van der Waals surface area contributed by atoms with Crippen molar-refractivity contribution < 1.29 is 9.47 Å². The van der Waals surface area contributed by atoms with E-state index >= 15 is 0 Å². The van der Waals surface area contributed by atoms with Crippen LogP contribution in [0.25, 0.3) is 0 Å². The molecule has 118 valence electrons. The van der Waals surface area contributed by atoms with Crippen molar-refractivity contribution in [3.63, 3.8) is 0 Å². The molecule has 4 heteroatoms. The number of para-hydroxylation sites is 2. The number of hydrogen-bond acceptors (Lipinski definition) is 4. The minimum absolute atomic E-state index is 0.193. The number of hydrogen-bond donors (Lipinski definition) is 1. The molecule has 0 bridgehead atoms. The highest BCUT2D eigenvalue weighted by Crippen LogP contribution is 2.34. The molecule has 0 atom stereocenters. The van der Waals surface area contributed by atoms with Crippen molar-refractivity contribution in [2.24, 2.45) is 5.73 Å². The number of methoxy groups -OCH3 is 1. The van der Waals surface area contributed by atoms with Gasteiger partial charge in [-0.15, -0.1) is 0 Å². The molecule has 0 unspecified atom stereocenters. The molecule has 0 radical (unpaired) electrons. The van der Waals surface area contributed by atoms with E-state index in [4.69, 9.17) is 15.2 Å². The summed E-state index contributed by atoms with van der Waals surface area (Å²) in [6.45, 7) is 5.54. The van der Waals surface area contributed by atoms with Gasteiger partial charge in [-0.1, -0.05) is 31.9 Å². The molecule has 0 aliphatic heterocycles. The second kappa shape index (κ2) is 7.66. The SMILES string of the molecule is CCN(CCOc1ccccc1OC)C1(CN)CCCC1. The lowest BCUT2D eigenvalue weighted by Crippen LogP contribution is -2.53. The van der Waals surface area contributed by atoms with Crippen molar-refractivity contribution in [2.45, 2.75) is 38.1 Å². The van der Waals surface area contributed by atoms with Crippen LogP contribution >= 0.6 is 0 Å². The molecule has 1 fully saturated rings. The van der Waals surface area contributed by atoms with Crippen LogP contribution in [0.4, 0.5) is 0 Å². The lowest BCUT2D eigenvalue weighted by molar-refractivity contribution is 0.0862. The van der Waals surface area contributed by atoms with Crippen LogP contribution in [0.3, 0.4) is 0 Å². The Labute approximate surface area is 128 Å². The minimum atomic E-state index is 0.193. The lowest BCUT2D eigenvalue weighted by Gasteiger charge is -2.40. The quantitative estimate of drug-likeness (QED) is 0.800. The Morgan fingerprint density at radius 3 is 2.43 bits per heavy atom. The number of rotatable bonds is 8. The van der Waals surface area contributed by atoms with Crippen LogP contribution < -0.4 is 15.2 Å². The van der Waals surface area contributed by atoms with E-state index in [2.05, 4.69) is 11.8 Å². The number of nitrogens with zero attached hydrogens (tertiary/aromatic N) is 1. The topological polar surface area (TPSA) is 47.7 Å². The smallest absolute Gasteiger partial charge is 0.161 e. The van der Waals surface area contributed by atoms with Crippen LogP contribution in [-0.4, -0.2) is 43.8 Å². The van der Waals surface area contributed by atoms with Gasteiger partial charge in [0.05, 0.1) is 7.11 Å². The summed E-state index contributed by atoms with van der Waals surface area (Å²) in [7, 11) is 1.67. The van der Waals surface area contributed by atoms with Gasteiger partial charge >= 0.3 is 0 Å². The first-order chi connectivity index (χ1) is 10.3. The largest absolute Gasteiger partial charge is 0.493 e. The molecule has 21 heavy (non-hydrogen) atoms. The summed E-state index contributed by atoms with van der Waals surface area (Å²) in [5.74, 6) is 1.60.